The van der Waals surface area contributed by atoms with E-state index in [1.54, 1.807) is 13.2 Å². The molecule has 5 heteroatoms. The van der Waals surface area contributed by atoms with E-state index in [0.717, 1.165) is 28.0 Å². The predicted molar refractivity (Wildman–Crippen MR) is 115 cm³/mol. The number of benzene rings is 2. The average Bonchev–Trinajstić information content (AvgIpc) is 2.68. The molecule has 27 heavy (non-hydrogen) atoms. The summed E-state index contributed by atoms with van der Waals surface area (Å²) in [6.07, 6.45) is 7.06. The van der Waals surface area contributed by atoms with Crippen LogP contribution in [0, 0.1) is 0 Å². The highest BCUT2D eigenvalue weighted by molar-refractivity contribution is 9.10. The first kappa shape index (κ1) is 19.5. The van der Waals surface area contributed by atoms with E-state index >= 15 is 0 Å². The quantitative estimate of drug-likeness (QED) is 0.640. The van der Waals surface area contributed by atoms with Gasteiger partial charge in [-0.25, -0.2) is 0 Å². The highest BCUT2D eigenvalue weighted by atomic mass is 79.9. The van der Waals surface area contributed by atoms with Crippen molar-refractivity contribution < 1.29 is 9.53 Å². The Kier molecular flexibility index (Phi) is 6.56. The number of amides is 1. The van der Waals surface area contributed by atoms with Crippen LogP contribution in [0.2, 0.25) is 0 Å². The minimum absolute atomic E-state index is 0.170. The Labute approximate surface area is 169 Å². The molecular formula is C22H25BrN2O2. The first-order valence-corrected chi connectivity index (χ1v) is 10.1. The molecule has 0 saturated carbocycles. The fraction of sp³-hybridized carbons (Fsp3) is 0.318. The molecule has 0 aliphatic carbocycles. The van der Waals surface area contributed by atoms with Gasteiger partial charge in [0.25, 0.3) is 0 Å². The molecule has 2 aromatic carbocycles. The van der Waals surface area contributed by atoms with Crippen molar-refractivity contribution in [1.82, 2.24) is 0 Å². The third-order valence-electron chi connectivity index (χ3n) is 4.88. The second-order valence-corrected chi connectivity index (χ2v) is 7.71. The largest absolute Gasteiger partial charge is 0.496 e. The zero-order valence-corrected chi connectivity index (χ0v) is 17.3. The van der Waals surface area contributed by atoms with Crippen LogP contribution in [-0.2, 0) is 4.79 Å². The third kappa shape index (κ3) is 5.13. The van der Waals surface area contributed by atoms with Gasteiger partial charge in [-0.2, -0.15) is 0 Å². The van der Waals surface area contributed by atoms with E-state index in [1.165, 1.54) is 31.0 Å². The summed E-state index contributed by atoms with van der Waals surface area (Å²) in [6.45, 7) is 3.37. The summed E-state index contributed by atoms with van der Waals surface area (Å²) in [5, 5.41) is 2.91. The molecular weight excluding hydrogens is 404 g/mol. The lowest BCUT2D eigenvalue weighted by molar-refractivity contribution is -0.111. The van der Waals surface area contributed by atoms with E-state index in [2.05, 4.69) is 45.2 Å². The molecule has 0 spiro atoms. The van der Waals surface area contributed by atoms with E-state index < -0.39 is 0 Å². The fourth-order valence-electron chi connectivity index (χ4n) is 3.40. The van der Waals surface area contributed by atoms with E-state index in [0.29, 0.717) is 6.04 Å². The molecule has 0 bridgehead atoms. The monoisotopic (exact) mass is 428 g/mol. The van der Waals surface area contributed by atoms with Crippen molar-refractivity contribution in [2.45, 2.75) is 32.2 Å². The summed E-state index contributed by atoms with van der Waals surface area (Å²) < 4.78 is 6.26. The van der Waals surface area contributed by atoms with Crippen LogP contribution >= 0.6 is 15.9 Å². The number of halogens is 1. The number of piperidine rings is 1. The van der Waals surface area contributed by atoms with Crippen molar-refractivity contribution in [3.8, 4) is 5.75 Å². The van der Waals surface area contributed by atoms with Crippen molar-refractivity contribution in [1.29, 1.82) is 0 Å². The summed E-state index contributed by atoms with van der Waals surface area (Å²) in [5.41, 5.74) is 2.85. The average molecular weight is 429 g/mol. The number of nitrogens with one attached hydrogen (secondary N) is 1. The van der Waals surface area contributed by atoms with Crippen LogP contribution in [0.25, 0.3) is 6.08 Å². The summed E-state index contributed by atoms with van der Waals surface area (Å²) in [7, 11) is 1.62. The molecule has 0 radical (unpaired) electrons. The van der Waals surface area contributed by atoms with Crippen LogP contribution in [0.1, 0.15) is 31.7 Å². The zero-order valence-electron chi connectivity index (χ0n) is 15.7. The predicted octanol–water partition coefficient (Wildman–Crippen LogP) is 5.49. The molecule has 2 aromatic rings. The molecule has 142 valence electrons. The summed E-state index contributed by atoms with van der Waals surface area (Å²) in [5.74, 6) is 0.554. The standard InChI is InChI=1S/C22H25BrN2O2/c1-16-5-3-4-14-25(16)20-10-8-19(9-11-20)24-22(26)13-6-17-15-18(23)7-12-21(17)27-2/h6-13,15-16H,3-5,14H2,1-2H3,(H,24,26)/b13-6+/t16-/m1/s1. The number of ether oxygens (including phenoxy) is 1. The molecule has 3 rings (SSSR count). The van der Waals surface area contributed by atoms with Gasteiger partial charge in [0.05, 0.1) is 7.11 Å². The summed E-state index contributed by atoms with van der Waals surface area (Å²) in [4.78, 5) is 14.7. The minimum atomic E-state index is -0.170. The number of anilines is 2. The number of nitrogens with zero attached hydrogens (tertiary/aromatic N) is 1. The molecule has 1 aliphatic heterocycles. The maximum absolute atomic E-state index is 12.2. The SMILES string of the molecule is COc1ccc(Br)cc1/C=C/C(=O)Nc1ccc(N2CCCC[C@H]2C)cc1. The number of rotatable bonds is 5. The van der Waals surface area contributed by atoms with Crippen molar-refractivity contribution in [2.75, 3.05) is 23.9 Å². The Morgan fingerprint density at radius 2 is 2.00 bits per heavy atom. The summed E-state index contributed by atoms with van der Waals surface area (Å²) >= 11 is 3.44. The molecule has 1 N–H and O–H groups in total. The second-order valence-electron chi connectivity index (χ2n) is 6.79. The van der Waals surface area contributed by atoms with Crippen LogP contribution in [0.5, 0.6) is 5.75 Å². The third-order valence-corrected chi connectivity index (χ3v) is 5.37. The Balaban J connectivity index is 1.63. The normalized spacial score (nSPS) is 17.1. The van der Waals surface area contributed by atoms with Crippen LogP contribution in [0.3, 0.4) is 0 Å². The number of hydrogen-bond acceptors (Lipinski definition) is 3. The Morgan fingerprint density at radius 1 is 1.22 bits per heavy atom. The van der Waals surface area contributed by atoms with Gasteiger partial charge in [-0.15, -0.1) is 0 Å². The van der Waals surface area contributed by atoms with Crippen LogP contribution in [-0.4, -0.2) is 25.6 Å². The van der Waals surface area contributed by atoms with Gasteiger partial charge in [-0.1, -0.05) is 15.9 Å². The summed E-state index contributed by atoms with van der Waals surface area (Å²) in [6, 6.07) is 14.3. The van der Waals surface area contributed by atoms with E-state index in [9.17, 15) is 4.79 Å². The topological polar surface area (TPSA) is 41.6 Å². The zero-order chi connectivity index (χ0) is 19.2. The van der Waals surface area contributed by atoms with Gasteiger partial charge in [0, 0.05) is 40.1 Å². The van der Waals surface area contributed by atoms with E-state index in [4.69, 9.17) is 4.74 Å². The first-order valence-electron chi connectivity index (χ1n) is 9.26. The Bertz CT molecular complexity index is 818. The highest BCUT2D eigenvalue weighted by Gasteiger charge is 2.18. The van der Waals surface area contributed by atoms with Gasteiger partial charge in [0.2, 0.25) is 5.91 Å². The van der Waals surface area contributed by atoms with E-state index in [-0.39, 0.29) is 5.91 Å². The van der Waals surface area contributed by atoms with E-state index in [1.807, 2.05) is 30.3 Å². The van der Waals surface area contributed by atoms with Crippen molar-refractivity contribution >= 4 is 39.3 Å². The lowest BCUT2D eigenvalue weighted by Gasteiger charge is -2.35. The molecule has 1 saturated heterocycles. The number of methoxy groups -OCH3 is 1. The molecule has 0 aromatic heterocycles. The van der Waals surface area contributed by atoms with Gasteiger partial charge in [-0.05, 0) is 74.7 Å². The van der Waals surface area contributed by atoms with Crippen LogP contribution in [0.4, 0.5) is 11.4 Å². The van der Waals surface area contributed by atoms with Crippen molar-refractivity contribution in [3.63, 3.8) is 0 Å². The molecule has 0 unspecified atom stereocenters. The first-order chi connectivity index (χ1) is 13.1. The van der Waals surface area contributed by atoms with Gasteiger partial charge in [-0.3, -0.25) is 4.79 Å². The van der Waals surface area contributed by atoms with Crippen molar-refractivity contribution in [2.24, 2.45) is 0 Å². The van der Waals surface area contributed by atoms with Crippen LogP contribution < -0.4 is 15.0 Å². The molecule has 1 aliphatic rings. The number of hydrogen-bond donors (Lipinski definition) is 1. The lowest BCUT2D eigenvalue weighted by atomic mass is 10.0. The maximum atomic E-state index is 12.2. The number of carbonyl (C=O) groups is 1. The Hall–Kier alpha value is -2.27. The molecule has 4 nitrogen and oxygen atoms in total. The fourth-order valence-corrected chi connectivity index (χ4v) is 3.78. The lowest BCUT2D eigenvalue weighted by Crippen LogP contribution is -2.37. The molecule has 1 fully saturated rings. The minimum Gasteiger partial charge on any atom is -0.496 e. The molecule has 1 heterocycles. The smallest absolute Gasteiger partial charge is 0.248 e. The maximum Gasteiger partial charge on any atom is 0.248 e. The highest BCUT2D eigenvalue weighted by Crippen LogP contribution is 2.26. The van der Waals surface area contributed by atoms with Crippen LogP contribution in [0.15, 0.2) is 53.0 Å². The molecule has 1 atom stereocenters. The van der Waals surface area contributed by atoms with Gasteiger partial charge in [0.1, 0.15) is 5.75 Å². The second kappa shape index (κ2) is 9.09. The van der Waals surface area contributed by atoms with Gasteiger partial charge in [0.15, 0.2) is 0 Å². The Morgan fingerprint density at radius 3 is 2.70 bits per heavy atom. The van der Waals surface area contributed by atoms with Gasteiger partial charge >= 0.3 is 0 Å². The number of carbonyl (C=O) groups excluding carboxylic acids is 1. The molecule has 1 amide bonds. The van der Waals surface area contributed by atoms with Gasteiger partial charge < -0.3 is 15.0 Å². The van der Waals surface area contributed by atoms with Crippen molar-refractivity contribution in [3.05, 3.63) is 58.6 Å².